The van der Waals surface area contributed by atoms with E-state index in [4.69, 9.17) is 4.74 Å². The number of ether oxygens (including phenoxy) is 1. The van der Waals surface area contributed by atoms with Crippen LogP contribution in [0.2, 0.25) is 0 Å². The van der Waals surface area contributed by atoms with Gasteiger partial charge in [0.15, 0.2) is 9.84 Å². The lowest BCUT2D eigenvalue weighted by Gasteiger charge is -2.06. The Hall–Kier alpha value is -1.36. The molecule has 2 rings (SSSR count). The first-order chi connectivity index (χ1) is 7.18. The molecule has 0 amide bonds. The van der Waals surface area contributed by atoms with Gasteiger partial charge in [-0.3, -0.25) is 0 Å². The summed E-state index contributed by atoms with van der Waals surface area (Å²) in [7, 11) is -3.26. The second-order valence-electron chi connectivity index (χ2n) is 3.28. The first-order valence-electron chi connectivity index (χ1n) is 4.53. The molecule has 1 atom stereocenters. The Bertz CT molecular complexity index is 453. The third kappa shape index (κ3) is 2.36. The van der Waals surface area contributed by atoms with Crippen molar-refractivity contribution >= 4 is 16.2 Å². The minimum atomic E-state index is -3.26. The summed E-state index contributed by atoms with van der Waals surface area (Å²) in [5.41, 5.74) is 0. The molecule has 79 valence electrons. The van der Waals surface area contributed by atoms with Crippen LogP contribution in [0, 0.1) is 0 Å². The number of hydrogen-bond donors (Lipinski definition) is 0. The highest BCUT2D eigenvalue weighted by atomic mass is 32.2. The van der Waals surface area contributed by atoms with Gasteiger partial charge in [-0.2, -0.15) is 0 Å². The lowest BCUT2D eigenvalue weighted by molar-refractivity contribution is 0.335. The lowest BCUT2D eigenvalue weighted by Crippen LogP contribution is -2.20. The molecule has 0 aromatic heterocycles. The van der Waals surface area contributed by atoms with Gasteiger partial charge in [0.1, 0.15) is 12.6 Å². The van der Waals surface area contributed by atoms with Crippen molar-refractivity contribution in [2.45, 2.75) is 10.9 Å². The number of benzene rings is 1. The van der Waals surface area contributed by atoms with Crippen LogP contribution in [-0.4, -0.2) is 33.2 Å². The van der Waals surface area contributed by atoms with Gasteiger partial charge < -0.3 is 4.74 Å². The molecule has 1 unspecified atom stereocenters. The Morgan fingerprint density at radius 2 is 2.13 bits per heavy atom. The predicted molar refractivity (Wildman–Crippen MR) is 55.7 cm³/mol. The van der Waals surface area contributed by atoms with Gasteiger partial charge in [0.2, 0.25) is 0 Å². The zero-order valence-corrected chi connectivity index (χ0v) is 8.78. The van der Waals surface area contributed by atoms with Crippen molar-refractivity contribution in [2.75, 3.05) is 12.4 Å². The molecule has 0 spiro atoms. The third-order valence-corrected chi connectivity index (χ3v) is 3.90. The standard InChI is InChI=1S/C10H10NO3S/c12-15(13,7-9-6-14-8-11-9)10-4-2-1-3-5-10/h1-5,9H,6-7H2. The zero-order chi connectivity index (χ0) is 10.7. The van der Waals surface area contributed by atoms with Crippen molar-refractivity contribution in [1.29, 1.82) is 0 Å². The molecule has 4 nitrogen and oxygen atoms in total. The van der Waals surface area contributed by atoms with Crippen LogP contribution in [0.15, 0.2) is 40.2 Å². The molecule has 1 heterocycles. The van der Waals surface area contributed by atoms with Gasteiger partial charge in [-0.25, -0.2) is 13.4 Å². The highest BCUT2D eigenvalue weighted by Crippen LogP contribution is 2.13. The van der Waals surface area contributed by atoms with Gasteiger partial charge in [-0.05, 0) is 12.1 Å². The summed E-state index contributed by atoms with van der Waals surface area (Å²) < 4.78 is 28.4. The van der Waals surface area contributed by atoms with E-state index in [0.29, 0.717) is 11.5 Å². The molecular weight excluding hydrogens is 214 g/mol. The summed E-state index contributed by atoms with van der Waals surface area (Å²) in [4.78, 5) is 4.12. The van der Waals surface area contributed by atoms with E-state index in [1.54, 1.807) is 30.3 Å². The van der Waals surface area contributed by atoms with E-state index in [1.807, 2.05) is 0 Å². The Morgan fingerprint density at radius 3 is 2.73 bits per heavy atom. The van der Waals surface area contributed by atoms with Gasteiger partial charge in [0, 0.05) is 0 Å². The molecular formula is C10H10NO3S. The minimum Gasteiger partial charge on any atom is -0.472 e. The van der Waals surface area contributed by atoms with Crippen LogP contribution in [0.5, 0.6) is 0 Å². The number of rotatable bonds is 3. The third-order valence-electron chi connectivity index (χ3n) is 2.09. The maximum absolute atomic E-state index is 11.8. The molecule has 0 saturated heterocycles. The van der Waals surface area contributed by atoms with E-state index >= 15 is 0 Å². The number of hydrogen-bond acceptors (Lipinski definition) is 4. The van der Waals surface area contributed by atoms with Crippen LogP contribution in [-0.2, 0) is 14.6 Å². The number of aliphatic imine (C=N–C) groups is 1. The molecule has 0 aliphatic carbocycles. The first-order valence-corrected chi connectivity index (χ1v) is 6.18. The Morgan fingerprint density at radius 1 is 1.40 bits per heavy atom. The van der Waals surface area contributed by atoms with Crippen LogP contribution < -0.4 is 0 Å². The fourth-order valence-corrected chi connectivity index (χ4v) is 2.79. The molecule has 0 bridgehead atoms. The molecule has 0 N–H and O–H groups in total. The molecule has 1 aliphatic heterocycles. The zero-order valence-electron chi connectivity index (χ0n) is 7.96. The van der Waals surface area contributed by atoms with E-state index in [2.05, 4.69) is 11.4 Å². The van der Waals surface area contributed by atoms with Gasteiger partial charge in [0.05, 0.1) is 10.6 Å². The summed E-state index contributed by atoms with van der Waals surface area (Å²) in [6.07, 6.45) is 2.31. The van der Waals surface area contributed by atoms with E-state index in [1.165, 1.54) is 0 Å². The summed E-state index contributed by atoms with van der Waals surface area (Å²) in [6, 6.07) is 8.02. The summed E-state index contributed by atoms with van der Waals surface area (Å²) in [6.45, 7) is 0.298. The van der Waals surface area contributed by atoms with E-state index in [-0.39, 0.29) is 11.8 Å². The summed E-state index contributed by atoms with van der Waals surface area (Å²) in [5.74, 6) is -0.0238. The molecule has 1 aromatic carbocycles. The molecule has 15 heavy (non-hydrogen) atoms. The molecule has 1 aromatic rings. The Labute approximate surface area is 88.5 Å². The second kappa shape index (κ2) is 4.02. The SMILES string of the molecule is O=S(=O)(CC1CO[C]=N1)c1ccccc1. The van der Waals surface area contributed by atoms with Gasteiger partial charge in [0.25, 0.3) is 6.40 Å². The summed E-state index contributed by atoms with van der Waals surface area (Å²) in [5, 5.41) is 0. The monoisotopic (exact) mass is 224 g/mol. The van der Waals surface area contributed by atoms with Crippen LogP contribution >= 0.6 is 0 Å². The van der Waals surface area contributed by atoms with Crippen molar-refractivity contribution in [3.05, 3.63) is 30.3 Å². The second-order valence-corrected chi connectivity index (χ2v) is 5.31. The van der Waals surface area contributed by atoms with Crippen LogP contribution in [0.4, 0.5) is 0 Å². The number of nitrogens with zero attached hydrogens (tertiary/aromatic N) is 1. The number of sulfone groups is 1. The van der Waals surface area contributed by atoms with Crippen molar-refractivity contribution in [3.63, 3.8) is 0 Å². The molecule has 5 heteroatoms. The van der Waals surface area contributed by atoms with E-state index < -0.39 is 9.84 Å². The molecule has 1 radical (unpaired) electrons. The van der Waals surface area contributed by atoms with E-state index in [9.17, 15) is 8.42 Å². The fraction of sp³-hybridized carbons (Fsp3) is 0.300. The molecule has 1 aliphatic rings. The van der Waals surface area contributed by atoms with Crippen molar-refractivity contribution < 1.29 is 13.2 Å². The minimum absolute atomic E-state index is 0.0238. The van der Waals surface area contributed by atoms with Crippen molar-refractivity contribution in [1.82, 2.24) is 0 Å². The maximum atomic E-state index is 11.8. The topological polar surface area (TPSA) is 55.7 Å². The molecule has 0 fully saturated rings. The predicted octanol–water partition coefficient (Wildman–Crippen LogP) is 0.764. The normalized spacial score (nSPS) is 20.1. The first kappa shape index (κ1) is 10.2. The fourth-order valence-electron chi connectivity index (χ4n) is 1.35. The highest BCUT2D eigenvalue weighted by molar-refractivity contribution is 7.91. The van der Waals surface area contributed by atoms with Crippen molar-refractivity contribution in [2.24, 2.45) is 4.99 Å². The maximum Gasteiger partial charge on any atom is 0.273 e. The Kier molecular flexibility index (Phi) is 2.73. The summed E-state index contributed by atoms with van der Waals surface area (Å²) >= 11 is 0. The quantitative estimate of drug-likeness (QED) is 0.761. The largest absolute Gasteiger partial charge is 0.472 e. The van der Waals surface area contributed by atoms with Gasteiger partial charge in [-0.1, -0.05) is 18.2 Å². The van der Waals surface area contributed by atoms with Crippen LogP contribution in [0.1, 0.15) is 0 Å². The molecule has 0 saturated carbocycles. The average molecular weight is 224 g/mol. The van der Waals surface area contributed by atoms with Crippen LogP contribution in [0.25, 0.3) is 0 Å². The van der Waals surface area contributed by atoms with Crippen LogP contribution in [0.3, 0.4) is 0 Å². The van der Waals surface area contributed by atoms with E-state index in [0.717, 1.165) is 0 Å². The average Bonchev–Trinajstić information content (AvgIpc) is 2.71. The highest BCUT2D eigenvalue weighted by Gasteiger charge is 2.23. The van der Waals surface area contributed by atoms with Gasteiger partial charge in [-0.15, -0.1) is 0 Å². The van der Waals surface area contributed by atoms with Crippen molar-refractivity contribution in [3.8, 4) is 0 Å². The lowest BCUT2D eigenvalue weighted by atomic mass is 10.4. The smallest absolute Gasteiger partial charge is 0.273 e. The van der Waals surface area contributed by atoms with Gasteiger partial charge >= 0.3 is 0 Å². The Balaban J connectivity index is 2.17.